The first kappa shape index (κ1) is 13.4. The summed E-state index contributed by atoms with van der Waals surface area (Å²) in [6.45, 7) is 4.23. The fraction of sp³-hybridized carbons (Fsp3) is 0.444. The molecule has 2 aromatic rings. The van der Waals surface area contributed by atoms with Gasteiger partial charge in [0.1, 0.15) is 0 Å². The van der Waals surface area contributed by atoms with Crippen LogP contribution in [0.1, 0.15) is 48.9 Å². The van der Waals surface area contributed by atoms with E-state index in [1.165, 1.54) is 36.8 Å². The van der Waals surface area contributed by atoms with Gasteiger partial charge in [0.2, 0.25) is 0 Å². The molecule has 2 nitrogen and oxygen atoms in total. The van der Waals surface area contributed by atoms with Crippen molar-refractivity contribution < 1.29 is 0 Å². The van der Waals surface area contributed by atoms with Crippen molar-refractivity contribution in [3.8, 4) is 0 Å². The topological polar surface area (TPSA) is 17.0 Å². The van der Waals surface area contributed by atoms with Crippen LogP contribution in [0, 0.1) is 0 Å². The smallest absolute Gasteiger partial charge is 0.0470 e. The molecule has 1 heterocycles. The SMILES string of the molecule is CCNC1CCCCc2cn(Cc3ccccc3)cc21. The van der Waals surface area contributed by atoms with Gasteiger partial charge in [0.05, 0.1) is 0 Å². The maximum atomic E-state index is 3.64. The lowest BCUT2D eigenvalue weighted by Gasteiger charge is -2.15. The van der Waals surface area contributed by atoms with E-state index in [9.17, 15) is 0 Å². The molecule has 3 rings (SSSR count). The Bertz CT molecular complexity index is 542. The highest BCUT2D eigenvalue weighted by atomic mass is 15.0. The summed E-state index contributed by atoms with van der Waals surface area (Å²) >= 11 is 0. The Kier molecular flexibility index (Phi) is 4.22. The van der Waals surface area contributed by atoms with Crippen LogP contribution in [-0.2, 0) is 13.0 Å². The van der Waals surface area contributed by atoms with Crippen LogP contribution in [0.5, 0.6) is 0 Å². The molecule has 0 bridgehead atoms. The molecule has 1 atom stereocenters. The van der Waals surface area contributed by atoms with Crippen LogP contribution >= 0.6 is 0 Å². The Morgan fingerprint density at radius 1 is 1.15 bits per heavy atom. The Balaban J connectivity index is 1.83. The Morgan fingerprint density at radius 2 is 2.00 bits per heavy atom. The Hall–Kier alpha value is -1.54. The van der Waals surface area contributed by atoms with Gasteiger partial charge in [0.25, 0.3) is 0 Å². The number of aromatic nitrogens is 1. The number of nitrogens with zero attached hydrogens (tertiary/aromatic N) is 1. The zero-order valence-electron chi connectivity index (χ0n) is 12.3. The van der Waals surface area contributed by atoms with E-state index in [0.29, 0.717) is 6.04 Å². The summed E-state index contributed by atoms with van der Waals surface area (Å²) in [5.74, 6) is 0. The molecule has 1 aliphatic rings. The molecule has 0 fully saturated rings. The second kappa shape index (κ2) is 6.27. The summed E-state index contributed by atoms with van der Waals surface area (Å²) in [4.78, 5) is 0. The van der Waals surface area contributed by atoms with Gasteiger partial charge < -0.3 is 9.88 Å². The van der Waals surface area contributed by atoms with Crippen LogP contribution < -0.4 is 5.32 Å². The van der Waals surface area contributed by atoms with Gasteiger partial charge in [-0.3, -0.25) is 0 Å². The minimum Gasteiger partial charge on any atom is -0.349 e. The third-order valence-corrected chi connectivity index (χ3v) is 4.22. The predicted molar refractivity (Wildman–Crippen MR) is 83.9 cm³/mol. The minimum absolute atomic E-state index is 0.550. The molecule has 106 valence electrons. The lowest BCUT2D eigenvalue weighted by atomic mass is 10.0. The first-order chi connectivity index (χ1) is 9.86. The van der Waals surface area contributed by atoms with Gasteiger partial charge in [-0.1, -0.05) is 43.7 Å². The van der Waals surface area contributed by atoms with Gasteiger partial charge in [-0.15, -0.1) is 0 Å². The van der Waals surface area contributed by atoms with Crippen molar-refractivity contribution in [2.24, 2.45) is 0 Å². The van der Waals surface area contributed by atoms with Crippen molar-refractivity contribution in [2.75, 3.05) is 6.54 Å². The lowest BCUT2D eigenvalue weighted by Crippen LogP contribution is -2.20. The molecule has 0 radical (unpaired) electrons. The van der Waals surface area contributed by atoms with E-state index < -0.39 is 0 Å². The molecule has 0 saturated carbocycles. The van der Waals surface area contributed by atoms with E-state index in [1.54, 1.807) is 5.56 Å². The first-order valence-corrected chi connectivity index (χ1v) is 7.82. The van der Waals surface area contributed by atoms with Crippen LogP contribution in [0.25, 0.3) is 0 Å². The molecule has 20 heavy (non-hydrogen) atoms. The third kappa shape index (κ3) is 2.96. The molecule has 2 heteroatoms. The van der Waals surface area contributed by atoms with Gasteiger partial charge in [-0.25, -0.2) is 0 Å². The fourth-order valence-corrected chi connectivity index (χ4v) is 3.26. The summed E-state index contributed by atoms with van der Waals surface area (Å²) in [6, 6.07) is 11.3. The zero-order valence-corrected chi connectivity index (χ0v) is 12.3. The van der Waals surface area contributed by atoms with Crippen LogP contribution in [0.3, 0.4) is 0 Å². The van der Waals surface area contributed by atoms with E-state index in [0.717, 1.165) is 13.1 Å². The maximum absolute atomic E-state index is 3.64. The van der Waals surface area contributed by atoms with Crippen LogP contribution in [-0.4, -0.2) is 11.1 Å². The van der Waals surface area contributed by atoms with Crippen molar-refractivity contribution in [1.82, 2.24) is 9.88 Å². The maximum Gasteiger partial charge on any atom is 0.0470 e. The van der Waals surface area contributed by atoms with Gasteiger partial charge >= 0.3 is 0 Å². The largest absolute Gasteiger partial charge is 0.349 e. The van der Waals surface area contributed by atoms with E-state index in [-0.39, 0.29) is 0 Å². The molecular weight excluding hydrogens is 244 g/mol. The first-order valence-electron chi connectivity index (χ1n) is 7.82. The van der Waals surface area contributed by atoms with Crippen LogP contribution in [0.2, 0.25) is 0 Å². The third-order valence-electron chi connectivity index (χ3n) is 4.22. The standard InChI is InChI=1S/C18H24N2/c1-2-19-18-11-7-6-10-16-13-20(14-17(16)18)12-15-8-4-3-5-9-15/h3-5,8-9,13-14,18-19H,2,6-7,10-12H2,1H3. The summed E-state index contributed by atoms with van der Waals surface area (Å²) in [7, 11) is 0. The average Bonchev–Trinajstić information content (AvgIpc) is 2.77. The van der Waals surface area contributed by atoms with Crippen molar-refractivity contribution in [1.29, 1.82) is 0 Å². The number of nitrogens with one attached hydrogen (secondary N) is 1. The molecule has 1 aliphatic carbocycles. The average molecular weight is 268 g/mol. The van der Waals surface area contributed by atoms with Crippen molar-refractivity contribution in [3.63, 3.8) is 0 Å². The van der Waals surface area contributed by atoms with E-state index in [1.807, 2.05) is 0 Å². The lowest BCUT2D eigenvalue weighted by molar-refractivity contribution is 0.502. The summed E-state index contributed by atoms with van der Waals surface area (Å²) < 4.78 is 2.36. The predicted octanol–water partition coefficient (Wildman–Crippen LogP) is 3.91. The normalized spacial score (nSPS) is 18.6. The molecule has 0 spiro atoms. The minimum atomic E-state index is 0.550. The van der Waals surface area contributed by atoms with Crippen molar-refractivity contribution in [2.45, 2.75) is 45.2 Å². The highest BCUT2D eigenvalue weighted by molar-refractivity contribution is 5.30. The second-order valence-electron chi connectivity index (χ2n) is 5.75. The summed E-state index contributed by atoms with van der Waals surface area (Å²) in [6.07, 6.45) is 9.89. The number of hydrogen-bond acceptors (Lipinski definition) is 1. The van der Waals surface area contributed by atoms with E-state index in [2.05, 4.69) is 59.5 Å². The zero-order chi connectivity index (χ0) is 13.8. The molecule has 0 amide bonds. The van der Waals surface area contributed by atoms with Crippen LogP contribution in [0.15, 0.2) is 42.7 Å². The fourth-order valence-electron chi connectivity index (χ4n) is 3.26. The monoisotopic (exact) mass is 268 g/mol. The molecule has 1 N–H and O–H groups in total. The second-order valence-corrected chi connectivity index (χ2v) is 5.75. The van der Waals surface area contributed by atoms with Crippen LogP contribution in [0.4, 0.5) is 0 Å². The molecule has 0 saturated heterocycles. The Morgan fingerprint density at radius 3 is 2.80 bits per heavy atom. The molecule has 1 aromatic carbocycles. The quantitative estimate of drug-likeness (QED) is 0.832. The highest BCUT2D eigenvalue weighted by Crippen LogP contribution is 2.29. The molecular formula is C18H24N2. The number of benzene rings is 1. The summed E-state index contributed by atoms with van der Waals surface area (Å²) in [5, 5.41) is 3.64. The number of rotatable bonds is 4. The van der Waals surface area contributed by atoms with Gasteiger partial charge in [0, 0.05) is 25.0 Å². The van der Waals surface area contributed by atoms with Gasteiger partial charge in [-0.2, -0.15) is 0 Å². The van der Waals surface area contributed by atoms with Crippen molar-refractivity contribution in [3.05, 3.63) is 59.4 Å². The number of fused-ring (bicyclic) bond motifs is 1. The molecule has 0 aliphatic heterocycles. The Labute approximate surface area is 121 Å². The van der Waals surface area contributed by atoms with E-state index >= 15 is 0 Å². The number of hydrogen-bond donors (Lipinski definition) is 1. The van der Waals surface area contributed by atoms with Gasteiger partial charge in [0.15, 0.2) is 0 Å². The highest BCUT2D eigenvalue weighted by Gasteiger charge is 2.19. The van der Waals surface area contributed by atoms with E-state index in [4.69, 9.17) is 0 Å². The summed E-state index contributed by atoms with van der Waals surface area (Å²) in [5.41, 5.74) is 4.45. The van der Waals surface area contributed by atoms with Gasteiger partial charge in [-0.05, 0) is 42.5 Å². The molecule has 1 aromatic heterocycles. The van der Waals surface area contributed by atoms with Crippen molar-refractivity contribution >= 4 is 0 Å². The molecule has 1 unspecified atom stereocenters. The number of aryl methyl sites for hydroxylation is 1.